The van der Waals surface area contributed by atoms with Crippen LogP contribution in [0.5, 0.6) is 0 Å². The van der Waals surface area contributed by atoms with Crippen molar-refractivity contribution < 1.29 is 18.3 Å². The Kier molecular flexibility index (Phi) is 4.48. The Morgan fingerprint density at radius 1 is 1.33 bits per heavy atom. The van der Waals surface area contributed by atoms with E-state index in [4.69, 9.17) is 0 Å². The number of alkyl halides is 2. The zero-order chi connectivity index (χ0) is 17.3. The molecule has 1 N–H and O–H groups in total. The highest BCUT2D eigenvalue weighted by Gasteiger charge is 2.30. The zero-order valence-electron chi connectivity index (χ0n) is 13.0. The Labute approximate surface area is 136 Å². The number of rotatable bonds is 4. The van der Waals surface area contributed by atoms with E-state index in [0.717, 1.165) is 5.56 Å². The molecule has 24 heavy (non-hydrogen) atoms. The maximum atomic E-state index is 12.4. The lowest BCUT2D eigenvalue weighted by molar-refractivity contribution is -0.158. The molecule has 8 heteroatoms. The molecular weight excluding hydrogens is 320 g/mol. The Hall–Kier alpha value is -2.48. The first-order valence-electron chi connectivity index (χ1n) is 7.56. The average Bonchev–Trinajstić information content (AvgIpc) is 3.14. The first-order valence-corrected chi connectivity index (χ1v) is 7.56. The molecule has 2 heterocycles. The molecule has 1 aromatic carbocycles. The summed E-state index contributed by atoms with van der Waals surface area (Å²) in [7, 11) is 0. The van der Waals surface area contributed by atoms with Crippen LogP contribution in [0.1, 0.15) is 22.5 Å². The second-order valence-corrected chi connectivity index (χ2v) is 5.74. The van der Waals surface area contributed by atoms with Gasteiger partial charge in [-0.1, -0.05) is 17.7 Å². The first-order chi connectivity index (χ1) is 11.4. The standard InChI is InChI=1S/C16H17F2N3O3/c1-10-2-4-11(5-3-10)21-14(22)8-13(19-21)15(23)20-7-6-12(9-20)24-16(17)18/h2-5,8,12,16,19H,6-7,9H2,1H3/t12-/m0/s1. The van der Waals surface area contributed by atoms with Gasteiger partial charge in [0.05, 0.1) is 11.8 Å². The van der Waals surface area contributed by atoms with Gasteiger partial charge in [-0.25, -0.2) is 4.68 Å². The number of hydrogen-bond donors (Lipinski definition) is 1. The SMILES string of the molecule is Cc1ccc(-n2[nH]c(C(=O)N3CC[C@H](OC(F)F)C3)cc2=O)cc1. The van der Waals surface area contributed by atoms with Gasteiger partial charge in [0.2, 0.25) is 0 Å². The van der Waals surface area contributed by atoms with Crippen molar-refractivity contribution in [3.05, 3.63) is 51.9 Å². The molecule has 0 unspecified atom stereocenters. The predicted octanol–water partition coefficient (Wildman–Crippen LogP) is 1.93. The highest BCUT2D eigenvalue weighted by atomic mass is 19.3. The third-order valence-corrected chi connectivity index (χ3v) is 3.97. The predicted molar refractivity (Wildman–Crippen MR) is 82.5 cm³/mol. The number of carbonyl (C=O) groups excluding carboxylic acids is 1. The molecule has 1 aliphatic rings. The number of carbonyl (C=O) groups is 1. The van der Waals surface area contributed by atoms with Gasteiger partial charge in [0.15, 0.2) is 0 Å². The quantitative estimate of drug-likeness (QED) is 0.927. The van der Waals surface area contributed by atoms with Crippen LogP contribution in [-0.2, 0) is 4.74 Å². The molecule has 128 valence electrons. The van der Waals surface area contributed by atoms with Crippen molar-refractivity contribution in [2.24, 2.45) is 0 Å². The second-order valence-electron chi connectivity index (χ2n) is 5.74. The molecule has 2 aromatic rings. The largest absolute Gasteiger partial charge is 0.345 e. The van der Waals surface area contributed by atoms with Crippen LogP contribution in [-0.4, -0.2) is 46.4 Å². The van der Waals surface area contributed by atoms with Gasteiger partial charge in [-0.15, -0.1) is 0 Å². The van der Waals surface area contributed by atoms with Gasteiger partial charge in [-0.2, -0.15) is 8.78 Å². The minimum Gasteiger partial charge on any atom is -0.335 e. The number of aryl methyl sites for hydroxylation is 1. The van der Waals surface area contributed by atoms with Crippen LogP contribution < -0.4 is 5.56 Å². The van der Waals surface area contributed by atoms with Crippen LogP contribution in [0.15, 0.2) is 35.1 Å². The zero-order valence-corrected chi connectivity index (χ0v) is 13.0. The van der Waals surface area contributed by atoms with Crippen molar-refractivity contribution in [3.8, 4) is 5.69 Å². The van der Waals surface area contributed by atoms with E-state index in [1.54, 1.807) is 12.1 Å². The summed E-state index contributed by atoms with van der Waals surface area (Å²) in [5.74, 6) is -0.404. The van der Waals surface area contributed by atoms with Gasteiger partial charge in [-0.05, 0) is 25.5 Å². The van der Waals surface area contributed by atoms with Crippen LogP contribution in [0, 0.1) is 6.92 Å². The summed E-state index contributed by atoms with van der Waals surface area (Å²) >= 11 is 0. The van der Waals surface area contributed by atoms with Crippen molar-refractivity contribution in [2.75, 3.05) is 13.1 Å². The maximum Gasteiger partial charge on any atom is 0.345 e. The van der Waals surface area contributed by atoms with E-state index in [-0.39, 0.29) is 17.8 Å². The molecule has 1 aromatic heterocycles. The molecule has 0 bridgehead atoms. The van der Waals surface area contributed by atoms with Gasteiger partial charge >= 0.3 is 6.61 Å². The van der Waals surface area contributed by atoms with Gasteiger partial charge < -0.3 is 9.64 Å². The highest BCUT2D eigenvalue weighted by molar-refractivity contribution is 5.92. The van der Waals surface area contributed by atoms with Crippen LogP contribution in [0.25, 0.3) is 5.69 Å². The summed E-state index contributed by atoms with van der Waals surface area (Å²) in [5, 5.41) is 2.77. The van der Waals surface area contributed by atoms with Crippen LogP contribution >= 0.6 is 0 Å². The molecule has 0 aliphatic carbocycles. The van der Waals surface area contributed by atoms with E-state index >= 15 is 0 Å². The fourth-order valence-corrected chi connectivity index (χ4v) is 2.73. The van der Waals surface area contributed by atoms with Gasteiger partial charge in [0.25, 0.3) is 11.5 Å². The van der Waals surface area contributed by atoms with E-state index in [1.807, 2.05) is 19.1 Å². The lowest BCUT2D eigenvalue weighted by atomic mass is 10.2. The molecule has 0 saturated carbocycles. The molecule has 3 rings (SSSR count). The van der Waals surface area contributed by atoms with Gasteiger partial charge in [0.1, 0.15) is 5.69 Å². The summed E-state index contributed by atoms with van der Waals surface area (Å²) < 4.78 is 30.2. The number of hydrogen-bond acceptors (Lipinski definition) is 3. The Morgan fingerprint density at radius 3 is 2.71 bits per heavy atom. The van der Waals surface area contributed by atoms with Crippen LogP contribution in [0.4, 0.5) is 8.78 Å². The molecular formula is C16H17F2N3O3. The van der Waals surface area contributed by atoms with Crippen molar-refractivity contribution in [1.29, 1.82) is 0 Å². The summed E-state index contributed by atoms with van der Waals surface area (Å²) in [4.78, 5) is 25.9. The van der Waals surface area contributed by atoms with Crippen LogP contribution in [0.3, 0.4) is 0 Å². The molecule has 1 fully saturated rings. The molecule has 1 amide bonds. The fourth-order valence-electron chi connectivity index (χ4n) is 2.73. The second kappa shape index (κ2) is 6.56. The smallest absolute Gasteiger partial charge is 0.335 e. The molecule has 1 aliphatic heterocycles. The maximum absolute atomic E-state index is 12.4. The normalized spacial score (nSPS) is 17.7. The van der Waals surface area contributed by atoms with Gasteiger partial charge in [0, 0.05) is 19.2 Å². The minimum atomic E-state index is -2.85. The van der Waals surface area contributed by atoms with Crippen molar-refractivity contribution in [2.45, 2.75) is 26.1 Å². The monoisotopic (exact) mass is 337 g/mol. The minimum absolute atomic E-state index is 0.0842. The number of nitrogens with zero attached hydrogens (tertiary/aromatic N) is 2. The summed E-state index contributed by atoms with van der Waals surface area (Å²) in [6, 6.07) is 8.46. The molecule has 0 radical (unpaired) electrons. The number of aromatic nitrogens is 2. The molecule has 0 spiro atoms. The number of ether oxygens (including phenoxy) is 1. The topological polar surface area (TPSA) is 67.3 Å². The fraction of sp³-hybridized carbons (Fsp3) is 0.375. The van der Waals surface area contributed by atoms with E-state index < -0.39 is 18.6 Å². The van der Waals surface area contributed by atoms with E-state index in [1.165, 1.54) is 15.6 Å². The van der Waals surface area contributed by atoms with E-state index in [2.05, 4.69) is 9.84 Å². The van der Waals surface area contributed by atoms with Crippen molar-refractivity contribution in [1.82, 2.24) is 14.7 Å². The summed E-state index contributed by atoms with van der Waals surface area (Å²) in [5.41, 5.74) is 1.43. The Morgan fingerprint density at radius 2 is 2.04 bits per heavy atom. The van der Waals surface area contributed by atoms with Gasteiger partial charge in [-0.3, -0.25) is 14.7 Å². The first kappa shape index (κ1) is 16.4. The lowest BCUT2D eigenvalue weighted by Gasteiger charge is -2.15. The number of benzene rings is 1. The average molecular weight is 337 g/mol. The summed E-state index contributed by atoms with van der Waals surface area (Å²) in [6.07, 6.45) is -0.334. The number of nitrogens with one attached hydrogen (secondary N) is 1. The van der Waals surface area contributed by atoms with Crippen LogP contribution in [0.2, 0.25) is 0 Å². The third-order valence-electron chi connectivity index (χ3n) is 3.97. The number of aromatic amines is 1. The number of amides is 1. The number of likely N-dealkylation sites (tertiary alicyclic amines) is 1. The number of H-pyrrole nitrogens is 1. The molecule has 6 nitrogen and oxygen atoms in total. The number of halogens is 2. The van der Waals surface area contributed by atoms with E-state index in [0.29, 0.717) is 18.7 Å². The lowest BCUT2D eigenvalue weighted by Crippen LogP contribution is -2.31. The third kappa shape index (κ3) is 3.38. The van der Waals surface area contributed by atoms with Crippen molar-refractivity contribution in [3.63, 3.8) is 0 Å². The highest BCUT2D eigenvalue weighted by Crippen LogP contribution is 2.17. The Balaban J connectivity index is 1.76. The summed E-state index contributed by atoms with van der Waals surface area (Å²) in [6.45, 7) is -0.524. The molecule has 1 atom stereocenters. The molecule has 1 saturated heterocycles. The Bertz CT molecular complexity index is 783. The van der Waals surface area contributed by atoms with Crippen molar-refractivity contribution >= 4 is 5.91 Å². The van der Waals surface area contributed by atoms with E-state index in [9.17, 15) is 18.4 Å².